The van der Waals surface area contributed by atoms with Crippen LogP contribution >= 0.6 is 0 Å². The summed E-state index contributed by atoms with van der Waals surface area (Å²) in [4.78, 5) is 13.5. The first kappa shape index (κ1) is 13.9. The van der Waals surface area contributed by atoms with E-state index in [0.29, 0.717) is 29.1 Å². The Balaban J connectivity index is 1.54. The van der Waals surface area contributed by atoms with Gasteiger partial charge < -0.3 is 10.3 Å². The highest BCUT2D eigenvalue weighted by atomic mass is 16.5. The minimum absolute atomic E-state index is 0.202. The fourth-order valence-corrected chi connectivity index (χ4v) is 2.05. The molecule has 0 saturated carbocycles. The highest BCUT2D eigenvalue weighted by molar-refractivity contribution is 5.53. The molecular formula is C14H11N9O. The van der Waals surface area contributed by atoms with E-state index >= 15 is 0 Å². The molecule has 0 spiro atoms. The summed E-state index contributed by atoms with van der Waals surface area (Å²) in [5, 5.41) is 16.2. The number of anilines is 1. The first-order valence-electron chi connectivity index (χ1n) is 7.01. The average molecular weight is 321 g/mol. The molecule has 0 aliphatic rings. The van der Waals surface area contributed by atoms with E-state index in [1.807, 2.05) is 30.3 Å². The Morgan fingerprint density at radius 2 is 1.96 bits per heavy atom. The summed E-state index contributed by atoms with van der Waals surface area (Å²) in [7, 11) is 0. The monoisotopic (exact) mass is 321 g/mol. The SMILES string of the molecule is Nc1cc(-c2noc(Cn3nnc(-c4ccccc4)n3)n2)ncn1. The van der Waals surface area contributed by atoms with Crippen LogP contribution in [0.1, 0.15) is 5.89 Å². The number of nitrogens with two attached hydrogens (primary N) is 1. The molecule has 2 N–H and O–H groups in total. The van der Waals surface area contributed by atoms with Crippen molar-refractivity contribution in [2.24, 2.45) is 0 Å². The number of nitrogen functional groups attached to an aromatic ring is 1. The first-order valence-corrected chi connectivity index (χ1v) is 7.01. The lowest BCUT2D eigenvalue weighted by Gasteiger charge is -1.94. The highest BCUT2D eigenvalue weighted by Gasteiger charge is 2.13. The molecule has 4 rings (SSSR count). The second-order valence-corrected chi connectivity index (χ2v) is 4.85. The molecule has 4 aromatic rings. The van der Waals surface area contributed by atoms with E-state index in [0.717, 1.165) is 5.56 Å². The zero-order chi connectivity index (χ0) is 16.4. The molecule has 0 unspecified atom stereocenters. The van der Waals surface area contributed by atoms with Crippen LogP contribution in [0.5, 0.6) is 0 Å². The van der Waals surface area contributed by atoms with Crippen LogP contribution in [0, 0.1) is 0 Å². The highest BCUT2D eigenvalue weighted by Crippen LogP contribution is 2.15. The van der Waals surface area contributed by atoms with Gasteiger partial charge in [-0.05, 0) is 5.21 Å². The van der Waals surface area contributed by atoms with Gasteiger partial charge in [0.05, 0.1) is 0 Å². The Morgan fingerprint density at radius 1 is 1.08 bits per heavy atom. The van der Waals surface area contributed by atoms with Crippen molar-refractivity contribution in [1.82, 2.24) is 40.3 Å². The van der Waals surface area contributed by atoms with Crippen LogP contribution in [-0.2, 0) is 6.54 Å². The van der Waals surface area contributed by atoms with Gasteiger partial charge in [-0.3, -0.25) is 0 Å². The van der Waals surface area contributed by atoms with Crippen molar-refractivity contribution in [3.8, 4) is 22.9 Å². The zero-order valence-corrected chi connectivity index (χ0v) is 12.3. The summed E-state index contributed by atoms with van der Waals surface area (Å²) in [5.41, 5.74) is 6.98. The third kappa shape index (κ3) is 2.79. The largest absolute Gasteiger partial charge is 0.384 e. The summed E-state index contributed by atoms with van der Waals surface area (Å²) < 4.78 is 5.19. The third-order valence-electron chi connectivity index (χ3n) is 3.15. The zero-order valence-electron chi connectivity index (χ0n) is 12.3. The van der Waals surface area contributed by atoms with E-state index in [-0.39, 0.29) is 6.54 Å². The Kier molecular flexibility index (Phi) is 3.39. The molecule has 0 fully saturated rings. The van der Waals surface area contributed by atoms with Gasteiger partial charge in [-0.15, -0.1) is 10.2 Å². The molecule has 24 heavy (non-hydrogen) atoms. The minimum Gasteiger partial charge on any atom is -0.384 e. The van der Waals surface area contributed by atoms with E-state index in [4.69, 9.17) is 10.3 Å². The number of hydrogen-bond acceptors (Lipinski definition) is 9. The fourth-order valence-electron chi connectivity index (χ4n) is 2.05. The lowest BCUT2D eigenvalue weighted by atomic mass is 10.2. The van der Waals surface area contributed by atoms with Crippen molar-refractivity contribution in [2.75, 3.05) is 5.73 Å². The van der Waals surface area contributed by atoms with Gasteiger partial charge in [0.1, 0.15) is 24.4 Å². The molecule has 0 radical (unpaired) electrons. The topological polar surface area (TPSA) is 134 Å². The average Bonchev–Trinajstić information content (AvgIpc) is 3.26. The van der Waals surface area contributed by atoms with Crippen LogP contribution in [0.3, 0.4) is 0 Å². The van der Waals surface area contributed by atoms with Crippen LogP contribution in [0.15, 0.2) is 47.2 Å². The van der Waals surface area contributed by atoms with E-state index in [2.05, 4.69) is 35.5 Å². The van der Waals surface area contributed by atoms with Gasteiger partial charge >= 0.3 is 0 Å². The van der Waals surface area contributed by atoms with Gasteiger partial charge in [0.2, 0.25) is 11.6 Å². The molecule has 118 valence electrons. The molecular weight excluding hydrogens is 310 g/mol. The maximum Gasteiger partial charge on any atom is 0.250 e. The van der Waals surface area contributed by atoms with Crippen LogP contribution in [0.2, 0.25) is 0 Å². The second kappa shape index (κ2) is 5.83. The Morgan fingerprint density at radius 3 is 2.79 bits per heavy atom. The van der Waals surface area contributed by atoms with E-state index < -0.39 is 0 Å². The molecule has 0 aliphatic carbocycles. The molecule has 3 aromatic heterocycles. The van der Waals surface area contributed by atoms with E-state index in [1.165, 1.54) is 11.1 Å². The van der Waals surface area contributed by atoms with Gasteiger partial charge in [0.15, 0.2) is 0 Å². The maximum absolute atomic E-state index is 5.61. The van der Waals surface area contributed by atoms with Crippen LogP contribution < -0.4 is 5.73 Å². The predicted molar refractivity (Wildman–Crippen MR) is 82.1 cm³/mol. The van der Waals surface area contributed by atoms with Crippen molar-refractivity contribution in [2.45, 2.75) is 6.54 Å². The summed E-state index contributed by atoms with van der Waals surface area (Å²) in [6.45, 7) is 0.202. The van der Waals surface area contributed by atoms with Crippen molar-refractivity contribution in [3.05, 3.63) is 48.6 Å². The van der Waals surface area contributed by atoms with Crippen LogP contribution in [0.4, 0.5) is 5.82 Å². The molecule has 3 heterocycles. The van der Waals surface area contributed by atoms with Gasteiger partial charge in [-0.1, -0.05) is 35.5 Å². The lowest BCUT2D eigenvalue weighted by molar-refractivity contribution is 0.356. The van der Waals surface area contributed by atoms with Gasteiger partial charge in [0.25, 0.3) is 5.89 Å². The second-order valence-electron chi connectivity index (χ2n) is 4.85. The third-order valence-corrected chi connectivity index (χ3v) is 3.15. The maximum atomic E-state index is 5.61. The van der Waals surface area contributed by atoms with E-state index in [9.17, 15) is 0 Å². The Hall–Kier alpha value is -3.69. The summed E-state index contributed by atoms with van der Waals surface area (Å²) >= 11 is 0. The number of aromatic nitrogens is 8. The number of rotatable bonds is 4. The standard InChI is InChI=1S/C14H11N9O/c15-11-6-10(16-8-17-11)14-18-12(24-21-14)7-23-20-13(19-22-23)9-4-2-1-3-5-9/h1-6,8H,7H2,(H2,15,16,17). The smallest absolute Gasteiger partial charge is 0.250 e. The summed E-state index contributed by atoms with van der Waals surface area (Å²) in [6.07, 6.45) is 1.34. The van der Waals surface area contributed by atoms with Crippen molar-refractivity contribution in [1.29, 1.82) is 0 Å². The molecule has 0 saturated heterocycles. The number of nitrogens with zero attached hydrogens (tertiary/aromatic N) is 8. The predicted octanol–water partition coefficient (Wildman–Crippen LogP) is 0.811. The molecule has 1 aromatic carbocycles. The molecule has 0 bridgehead atoms. The quantitative estimate of drug-likeness (QED) is 0.579. The fraction of sp³-hybridized carbons (Fsp3) is 0.0714. The minimum atomic E-state index is 0.202. The molecule has 10 nitrogen and oxygen atoms in total. The van der Waals surface area contributed by atoms with Gasteiger partial charge in [0, 0.05) is 11.6 Å². The van der Waals surface area contributed by atoms with Crippen LogP contribution in [0.25, 0.3) is 22.9 Å². The van der Waals surface area contributed by atoms with Crippen molar-refractivity contribution in [3.63, 3.8) is 0 Å². The Bertz CT molecular complexity index is 963. The van der Waals surface area contributed by atoms with Gasteiger partial charge in [-0.2, -0.15) is 9.78 Å². The van der Waals surface area contributed by atoms with Crippen molar-refractivity contribution < 1.29 is 4.52 Å². The first-order chi connectivity index (χ1) is 11.8. The number of benzene rings is 1. The number of tetrazole rings is 1. The van der Waals surface area contributed by atoms with Crippen LogP contribution in [-0.4, -0.2) is 40.3 Å². The summed E-state index contributed by atoms with van der Waals surface area (Å²) in [6, 6.07) is 11.1. The number of hydrogen-bond donors (Lipinski definition) is 1. The lowest BCUT2D eigenvalue weighted by Crippen LogP contribution is -2.04. The van der Waals surface area contributed by atoms with Crippen molar-refractivity contribution >= 4 is 5.82 Å². The van der Waals surface area contributed by atoms with E-state index in [1.54, 1.807) is 6.07 Å². The molecule has 10 heteroatoms. The Labute approximate surface area is 135 Å². The normalized spacial score (nSPS) is 10.8. The molecule has 0 amide bonds. The molecule has 0 atom stereocenters. The van der Waals surface area contributed by atoms with Gasteiger partial charge in [-0.25, -0.2) is 9.97 Å². The molecule has 0 aliphatic heterocycles. The summed E-state index contributed by atoms with van der Waals surface area (Å²) in [5.74, 6) is 1.51.